The van der Waals surface area contributed by atoms with Gasteiger partial charge in [0.15, 0.2) is 5.82 Å². The van der Waals surface area contributed by atoms with Crippen LogP contribution in [0, 0.1) is 13.8 Å². The summed E-state index contributed by atoms with van der Waals surface area (Å²) in [5.41, 5.74) is 4.23. The Morgan fingerprint density at radius 2 is 1.75 bits per heavy atom. The highest BCUT2D eigenvalue weighted by Gasteiger charge is 2.28. The van der Waals surface area contributed by atoms with Crippen LogP contribution in [0.25, 0.3) is 11.4 Å². The average Bonchev–Trinajstić information content (AvgIpc) is 3.21. The molecule has 0 aliphatic heterocycles. The van der Waals surface area contributed by atoms with Crippen molar-refractivity contribution in [1.29, 1.82) is 0 Å². The molecule has 1 aliphatic rings. The zero-order chi connectivity index (χ0) is 14.3. The summed E-state index contributed by atoms with van der Waals surface area (Å²) in [5, 5.41) is 0.655. The van der Waals surface area contributed by atoms with Crippen LogP contribution in [-0.2, 0) is 0 Å². The lowest BCUT2D eigenvalue weighted by Gasteiger charge is -2.12. The maximum Gasteiger partial charge on any atom is 0.160 e. The van der Waals surface area contributed by atoms with E-state index in [1.807, 2.05) is 32.0 Å². The van der Waals surface area contributed by atoms with Gasteiger partial charge in [-0.15, -0.1) is 0 Å². The van der Waals surface area contributed by atoms with Gasteiger partial charge in [0.25, 0.3) is 0 Å². The van der Waals surface area contributed by atoms with Gasteiger partial charge in [0.2, 0.25) is 0 Å². The van der Waals surface area contributed by atoms with Gasteiger partial charge in [-0.2, -0.15) is 0 Å². The number of benzene rings is 1. The molecule has 1 saturated carbocycles. The van der Waals surface area contributed by atoms with E-state index in [1.165, 1.54) is 18.4 Å². The number of ether oxygens (including phenoxy) is 1. The zero-order valence-electron chi connectivity index (χ0n) is 11.9. The first-order valence-electron chi connectivity index (χ1n) is 6.78. The number of rotatable bonds is 3. The molecule has 2 aromatic rings. The molecule has 3 nitrogen and oxygen atoms in total. The number of aryl methyl sites for hydroxylation is 2. The fourth-order valence-corrected chi connectivity index (χ4v) is 2.75. The number of hydrogen-bond acceptors (Lipinski definition) is 3. The van der Waals surface area contributed by atoms with Crippen molar-refractivity contribution in [3.8, 4) is 17.1 Å². The van der Waals surface area contributed by atoms with Gasteiger partial charge in [-0.25, -0.2) is 9.97 Å². The van der Waals surface area contributed by atoms with Crippen molar-refractivity contribution in [1.82, 2.24) is 9.97 Å². The fourth-order valence-electron chi connectivity index (χ4n) is 2.50. The molecule has 0 atom stereocenters. The van der Waals surface area contributed by atoms with Crippen molar-refractivity contribution in [2.75, 3.05) is 7.11 Å². The fraction of sp³-hybridized carbons (Fsp3) is 0.375. The predicted octanol–water partition coefficient (Wildman–Crippen LogP) is 4.30. The third-order valence-electron chi connectivity index (χ3n) is 3.56. The Balaban J connectivity index is 2.19. The third-order valence-corrected chi connectivity index (χ3v) is 3.86. The molecule has 1 aromatic carbocycles. The first-order chi connectivity index (χ1) is 9.58. The number of methoxy groups -OCH3 is 1. The molecule has 1 aliphatic carbocycles. The number of halogens is 1. The minimum Gasteiger partial charge on any atom is -0.495 e. The minimum absolute atomic E-state index is 0.581. The summed E-state index contributed by atoms with van der Waals surface area (Å²) in [6, 6.07) is 5.95. The number of nitrogens with zero attached hydrogens (tertiary/aromatic N) is 2. The monoisotopic (exact) mass is 288 g/mol. The summed E-state index contributed by atoms with van der Waals surface area (Å²) >= 11 is 6.26. The van der Waals surface area contributed by atoms with Crippen molar-refractivity contribution < 1.29 is 4.74 Å². The lowest BCUT2D eigenvalue weighted by Crippen LogP contribution is -1.98. The largest absolute Gasteiger partial charge is 0.495 e. The van der Waals surface area contributed by atoms with Gasteiger partial charge in [0, 0.05) is 17.0 Å². The molecule has 0 radical (unpaired) electrons. The quantitative estimate of drug-likeness (QED) is 0.844. The molecule has 1 fully saturated rings. The van der Waals surface area contributed by atoms with Crippen LogP contribution in [0.3, 0.4) is 0 Å². The highest BCUT2D eigenvalue weighted by molar-refractivity contribution is 6.32. The van der Waals surface area contributed by atoms with Crippen LogP contribution in [0.4, 0.5) is 0 Å². The number of hydrogen-bond donors (Lipinski definition) is 0. The van der Waals surface area contributed by atoms with Crippen molar-refractivity contribution in [3.63, 3.8) is 0 Å². The molecule has 3 rings (SSSR count). The maximum absolute atomic E-state index is 6.26. The van der Waals surface area contributed by atoms with Crippen LogP contribution in [0.1, 0.15) is 35.7 Å². The van der Waals surface area contributed by atoms with Gasteiger partial charge < -0.3 is 4.74 Å². The molecule has 104 valence electrons. The Morgan fingerprint density at radius 1 is 1.10 bits per heavy atom. The summed E-state index contributed by atoms with van der Waals surface area (Å²) in [4.78, 5) is 9.14. The highest BCUT2D eigenvalue weighted by atomic mass is 35.5. The van der Waals surface area contributed by atoms with E-state index in [1.54, 1.807) is 7.11 Å². The predicted molar refractivity (Wildman–Crippen MR) is 80.5 cm³/mol. The second kappa shape index (κ2) is 5.06. The average molecular weight is 289 g/mol. The summed E-state index contributed by atoms with van der Waals surface area (Å²) in [7, 11) is 1.63. The van der Waals surface area contributed by atoms with Crippen molar-refractivity contribution in [2.45, 2.75) is 32.6 Å². The van der Waals surface area contributed by atoms with Gasteiger partial charge in [0.05, 0.1) is 12.1 Å². The molecule has 0 amide bonds. The van der Waals surface area contributed by atoms with E-state index in [-0.39, 0.29) is 0 Å². The lowest BCUT2D eigenvalue weighted by atomic mass is 10.0. The van der Waals surface area contributed by atoms with E-state index in [2.05, 4.69) is 9.97 Å². The Hall–Kier alpha value is -1.61. The van der Waals surface area contributed by atoms with E-state index >= 15 is 0 Å². The molecule has 0 saturated heterocycles. The summed E-state index contributed by atoms with van der Waals surface area (Å²) < 4.78 is 5.34. The second-order valence-corrected chi connectivity index (χ2v) is 5.73. The number of aromatic nitrogens is 2. The van der Waals surface area contributed by atoms with E-state index < -0.39 is 0 Å². The van der Waals surface area contributed by atoms with Gasteiger partial charge >= 0.3 is 0 Å². The van der Waals surface area contributed by atoms with Crippen LogP contribution >= 0.6 is 11.6 Å². The van der Waals surface area contributed by atoms with Gasteiger partial charge in [0.1, 0.15) is 5.75 Å². The summed E-state index contributed by atoms with van der Waals surface area (Å²) in [6.07, 6.45) is 2.42. The van der Waals surface area contributed by atoms with Crippen molar-refractivity contribution in [2.24, 2.45) is 0 Å². The smallest absolute Gasteiger partial charge is 0.160 e. The maximum atomic E-state index is 6.26. The summed E-state index contributed by atoms with van der Waals surface area (Å²) in [6.45, 7) is 3.98. The minimum atomic E-state index is 0.581. The zero-order valence-corrected chi connectivity index (χ0v) is 12.7. The second-order valence-electron chi connectivity index (χ2n) is 5.32. The van der Waals surface area contributed by atoms with Gasteiger partial charge in [-0.3, -0.25) is 0 Å². The SMILES string of the molecule is COc1cc(-c2nc(C)cc(C)n2)c(C2CC2)cc1Cl. The molecule has 0 unspecified atom stereocenters. The van der Waals surface area contributed by atoms with E-state index in [0.717, 1.165) is 22.8 Å². The topological polar surface area (TPSA) is 35.0 Å². The van der Waals surface area contributed by atoms with Crippen LogP contribution in [0.5, 0.6) is 5.75 Å². The van der Waals surface area contributed by atoms with Crippen LogP contribution in [0.15, 0.2) is 18.2 Å². The third kappa shape index (κ3) is 2.50. The molecule has 20 heavy (non-hydrogen) atoms. The lowest BCUT2D eigenvalue weighted by molar-refractivity contribution is 0.415. The molecule has 1 aromatic heterocycles. The first kappa shape index (κ1) is 13.4. The standard InChI is InChI=1S/C16H17ClN2O/c1-9-6-10(2)19-16(18-9)13-8-15(20-3)14(17)7-12(13)11-4-5-11/h6-8,11H,4-5H2,1-3H3. The molecule has 0 N–H and O–H groups in total. The van der Waals surface area contributed by atoms with E-state index in [9.17, 15) is 0 Å². The molecular weight excluding hydrogens is 272 g/mol. The van der Waals surface area contributed by atoms with Crippen LogP contribution in [0.2, 0.25) is 5.02 Å². The van der Waals surface area contributed by atoms with Crippen molar-refractivity contribution >= 4 is 11.6 Å². The van der Waals surface area contributed by atoms with Gasteiger partial charge in [-0.05, 0) is 56.4 Å². The molecular formula is C16H17ClN2O. The Morgan fingerprint density at radius 3 is 2.30 bits per heavy atom. The Kier molecular flexibility index (Phi) is 3.38. The molecule has 4 heteroatoms. The molecule has 0 bridgehead atoms. The van der Waals surface area contributed by atoms with Crippen molar-refractivity contribution in [3.05, 3.63) is 40.2 Å². The van der Waals surface area contributed by atoms with E-state index in [0.29, 0.717) is 16.7 Å². The normalized spacial score (nSPS) is 14.4. The van der Waals surface area contributed by atoms with Crippen LogP contribution < -0.4 is 4.74 Å². The van der Waals surface area contributed by atoms with E-state index in [4.69, 9.17) is 16.3 Å². The summed E-state index contributed by atoms with van der Waals surface area (Å²) in [5.74, 6) is 2.02. The Labute approximate surface area is 124 Å². The Bertz CT molecular complexity index is 646. The van der Waals surface area contributed by atoms with Crippen LogP contribution in [-0.4, -0.2) is 17.1 Å². The molecule has 1 heterocycles. The highest BCUT2D eigenvalue weighted by Crippen LogP contribution is 2.46. The molecule has 0 spiro atoms. The first-order valence-corrected chi connectivity index (χ1v) is 7.16. The van der Waals surface area contributed by atoms with Gasteiger partial charge in [-0.1, -0.05) is 11.6 Å².